The second-order valence-electron chi connectivity index (χ2n) is 9.74. The van der Waals surface area contributed by atoms with Gasteiger partial charge in [0.25, 0.3) is 0 Å². The topological polar surface area (TPSA) is 64.3 Å². The third kappa shape index (κ3) is 4.46. The van der Waals surface area contributed by atoms with E-state index in [-0.39, 0.29) is 12.1 Å². The summed E-state index contributed by atoms with van der Waals surface area (Å²) in [6.07, 6.45) is 2.06. The molecular weight excluding hydrogens is 486 g/mol. The molecule has 3 heterocycles. The zero-order chi connectivity index (χ0) is 26.9. The molecule has 39 heavy (non-hydrogen) atoms. The molecule has 196 valence electrons. The fourth-order valence-corrected chi connectivity index (χ4v) is 5.29. The van der Waals surface area contributed by atoms with Gasteiger partial charge >= 0.3 is 6.03 Å². The maximum absolute atomic E-state index is 14.2. The van der Waals surface area contributed by atoms with Gasteiger partial charge in [0.2, 0.25) is 0 Å². The van der Waals surface area contributed by atoms with E-state index in [0.29, 0.717) is 24.6 Å². The summed E-state index contributed by atoms with van der Waals surface area (Å²) in [5.74, 6) is 1.59. The third-order valence-corrected chi connectivity index (χ3v) is 7.17. The van der Waals surface area contributed by atoms with Gasteiger partial charge in [0, 0.05) is 11.8 Å². The molecule has 3 aromatic carbocycles. The molecule has 2 amide bonds. The van der Waals surface area contributed by atoms with Crippen molar-refractivity contribution in [3.05, 3.63) is 125 Å². The lowest BCUT2D eigenvalue weighted by molar-refractivity contribution is 0.194. The summed E-state index contributed by atoms with van der Waals surface area (Å²) in [6, 6.07) is 29.7. The van der Waals surface area contributed by atoms with Crippen LogP contribution in [0.3, 0.4) is 0 Å². The van der Waals surface area contributed by atoms with Gasteiger partial charge in [-0.25, -0.2) is 9.48 Å². The predicted molar refractivity (Wildman–Crippen MR) is 153 cm³/mol. The van der Waals surface area contributed by atoms with E-state index in [0.717, 1.165) is 34.0 Å². The molecular formula is C32H31N5O2. The predicted octanol–water partition coefficient (Wildman–Crippen LogP) is 6.82. The molecule has 0 bridgehead atoms. The number of nitrogens with one attached hydrogen (secondary N) is 1. The number of fused-ring (bicyclic) bond motifs is 3. The quantitative estimate of drug-likeness (QED) is 0.278. The number of benzene rings is 3. The Morgan fingerprint density at radius 2 is 1.69 bits per heavy atom. The van der Waals surface area contributed by atoms with Crippen LogP contribution in [0, 0.1) is 13.8 Å². The van der Waals surface area contributed by atoms with Gasteiger partial charge in [-0.05, 0) is 62.7 Å². The van der Waals surface area contributed by atoms with E-state index in [1.807, 2.05) is 84.1 Å². The Labute approximate surface area is 228 Å². The standard InChI is InChI=1S/C32H31N5O2/c1-4-39-29-15-9-8-13-27(29)33-32(38)36-21-26-23(3)34-37(25-11-6-5-7-12-25)31(26)35-20-10-14-28(35)30(36)24-18-16-22(2)17-19-24/h5-20,30H,4,21H2,1-3H3,(H,33,38)/t30-/m1/s1. The van der Waals surface area contributed by atoms with Crippen molar-refractivity contribution in [2.75, 3.05) is 11.9 Å². The normalized spacial score (nSPS) is 14.3. The highest BCUT2D eigenvalue weighted by atomic mass is 16.5. The highest BCUT2D eigenvalue weighted by Crippen LogP contribution is 2.39. The highest BCUT2D eigenvalue weighted by Gasteiger charge is 2.36. The van der Waals surface area contributed by atoms with E-state index in [9.17, 15) is 4.79 Å². The van der Waals surface area contributed by atoms with Gasteiger partial charge in [-0.3, -0.25) is 0 Å². The van der Waals surface area contributed by atoms with Crippen molar-refractivity contribution in [3.63, 3.8) is 0 Å². The molecule has 0 spiro atoms. The first kappa shape index (κ1) is 24.6. The van der Waals surface area contributed by atoms with Crippen LogP contribution in [-0.4, -0.2) is 31.9 Å². The van der Waals surface area contributed by atoms with Crippen molar-refractivity contribution in [2.24, 2.45) is 0 Å². The van der Waals surface area contributed by atoms with Crippen molar-refractivity contribution < 1.29 is 9.53 Å². The van der Waals surface area contributed by atoms with E-state index in [4.69, 9.17) is 9.84 Å². The third-order valence-electron chi connectivity index (χ3n) is 7.17. The number of anilines is 1. The fraction of sp³-hybridized carbons (Fsp3) is 0.188. The Morgan fingerprint density at radius 1 is 0.949 bits per heavy atom. The molecule has 7 nitrogen and oxygen atoms in total. The molecule has 1 N–H and O–H groups in total. The molecule has 0 saturated heterocycles. The lowest BCUT2D eigenvalue weighted by atomic mass is 10.0. The molecule has 0 saturated carbocycles. The number of amides is 2. The Kier molecular flexibility index (Phi) is 6.40. The maximum Gasteiger partial charge on any atom is 0.323 e. The van der Waals surface area contributed by atoms with Gasteiger partial charge in [0.05, 0.1) is 42.0 Å². The van der Waals surface area contributed by atoms with Crippen molar-refractivity contribution in [1.82, 2.24) is 19.2 Å². The monoisotopic (exact) mass is 517 g/mol. The van der Waals surface area contributed by atoms with Crippen LogP contribution >= 0.6 is 0 Å². The van der Waals surface area contributed by atoms with Crippen LogP contribution in [0.2, 0.25) is 0 Å². The number of urea groups is 1. The summed E-state index contributed by atoms with van der Waals surface area (Å²) in [5.41, 5.74) is 6.69. The van der Waals surface area contributed by atoms with E-state index < -0.39 is 0 Å². The Balaban J connectivity index is 1.51. The Bertz CT molecular complexity index is 1620. The second kappa shape index (κ2) is 10.2. The zero-order valence-corrected chi connectivity index (χ0v) is 22.3. The molecule has 7 heteroatoms. The number of aryl methyl sites for hydroxylation is 2. The summed E-state index contributed by atoms with van der Waals surface area (Å²) >= 11 is 0. The van der Waals surface area contributed by atoms with E-state index in [1.54, 1.807) is 0 Å². The molecule has 0 fully saturated rings. The minimum atomic E-state index is -0.323. The maximum atomic E-state index is 14.2. The van der Waals surface area contributed by atoms with Gasteiger partial charge in [0.15, 0.2) is 0 Å². The van der Waals surface area contributed by atoms with Gasteiger partial charge in [-0.15, -0.1) is 0 Å². The van der Waals surface area contributed by atoms with Crippen LogP contribution in [0.4, 0.5) is 10.5 Å². The van der Waals surface area contributed by atoms with Crippen LogP contribution in [0.1, 0.15) is 41.0 Å². The summed E-state index contributed by atoms with van der Waals surface area (Å²) in [6.45, 7) is 6.91. The molecule has 1 aliphatic heterocycles. The molecule has 1 aliphatic rings. The minimum absolute atomic E-state index is 0.208. The second-order valence-corrected chi connectivity index (χ2v) is 9.74. The number of aromatic nitrogens is 3. The summed E-state index contributed by atoms with van der Waals surface area (Å²) in [5, 5.41) is 8.07. The number of carbonyl (C=O) groups excluding carboxylic acids is 1. The zero-order valence-electron chi connectivity index (χ0n) is 22.3. The first-order valence-corrected chi connectivity index (χ1v) is 13.2. The highest BCUT2D eigenvalue weighted by molar-refractivity contribution is 5.91. The molecule has 2 aromatic heterocycles. The molecule has 0 radical (unpaired) electrons. The smallest absolute Gasteiger partial charge is 0.323 e. The molecule has 1 atom stereocenters. The number of hydrogen-bond donors (Lipinski definition) is 1. The molecule has 5 aromatic rings. The molecule has 6 rings (SSSR count). The number of ether oxygens (including phenoxy) is 1. The summed E-state index contributed by atoms with van der Waals surface area (Å²) < 4.78 is 9.95. The van der Waals surface area contributed by atoms with Crippen LogP contribution in [0.15, 0.2) is 97.2 Å². The number of rotatable bonds is 5. The largest absolute Gasteiger partial charge is 0.492 e. The SMILES string of the molecule is CCOc1ccccc1NC(=O)N1Cc2c(C)nn(-c3ccccc3)c2-n2cccc2[C@H]1c1ccc(C)cc1. The van der Waals surface area contributed by atoms with Crippen molar-refractivity contribution in [3.8, 4) is 17.3 Å². The van der Waals surface area contributed by atoms with E-state index in [1.165, 1.54) is 5.56 Å². The number of hydrogen-bond acceptors (Lipinski definition) is 3. The van der Waals surface area contributed by atoms with Crippen molar-refractivity contribution in [1.29, 1.82) is 0 Å². The molecule has 0 aliphatic carbocycles. The summed E-state index contributed by atoms with van der Waals surface area (Å²) in [7, 11) is 0. The van der Waals surface area contributed by atoms with Crippen molar-refractivity contribution >= 4 is 11.7 Å². The van der Waals surface area contributed by atoms with Gasteiger partial charge in [0.1, 0.15) is 11.6 Å². The first-order valence-electron chi connectivity index (χ1n) is 13.2. The Morgan fingerprint density at radius 3 is 2.46 bits per heavy atom. The van der Waals surface area contributed by atoms with Gasteiger partial charge < -0.3 is 19.5 Å². The van der Waals surface area contributed by atoms with Crippen LogP contribution < -0.4 is 10.1 Å². The van der Waals surface area contributed by atoms with Crippen molar-refractivity contribution in [2.45, 2.75) is 33.4 Å². The van der Waals surface area contributed by atoms with Crippen LogP contribution in [-0.2, 0) is 6.54 Å². The fourth-order valence-electron chi connectivity index (χ4n) is 5.29. The first-order chi connectivity index (χ1) is 19.0. The van der Waals surface area contributed by atoms with Crippen LogP contribution in [0.5, 0.6) is 5.75 Å². The molecule has 0 unspecified atom stereocenters. The number of nitrogens with zero attached hydrogens (tertiary/aromatic N) is 4. The average Bonchev–Trinajstić information content (AvgIpc) is 3.51. The average molecular weight is 518 g/mol. The lowest BCUT2D eigenvalue weighted by Crippen LogP contribution is -2.38. The number of carbonyl (C=O) groups is 1. The minimum Gasteiger partial charge on any atom is -0.492 e. The lowest BCUT2D eigenvalue weighted by Gasteiger charge is -2.31. The van der Waals surface area contributed by atoms with E-state index >= 15 is 0 Å². The van der Waals surface area contributed by atoms with E-state index in [2.05, 4.69) is 53.3 Å². The number of para-hydroxylation sites is 3. The van der Waals surface area contributed by atoms with Gasteiger partial charge in [-0.1, -0.05) is 60.2 Å². The van der Waals surface area contributed by atoms with Crippen LogP contribution in [0.25, 0.3) is 11.5 Å². The summed E-state index contributed by atoms with van der Waals surface area (Å²) in [4.78, 5) is 16.1. The van der Waals surface area contributed by atoms with Gasteiger partial charge in [-0.2, -0.15) is 5.10 Å². The Hall–Kier alpha value is -4.78.